The van der Waals surface area contributed by atoms with E-state index in [0.717, 1.165) is 33.9 Å². The molecule has 4 aliphatic rings. The van der Waals surface area contributed by atoms with E-state index in [2.05, 4.69) is 21.4 Å². The van der Waals surface area contributed by atoms with Crippen LogP contribution >= 0.6 is 15.9 Å². The van der Waals surface area contributed by atoms with Gasteiger partial charge in [-0.2, -0.15) is 0 Å². The van der Waals surface area contributed by atoms with Gasteiger partial charge in [0.05, 0.1) is 16.8 Å². The van der Waals surface area contributed by atoms with Gasteiger partial charge in [-0.3, -0.25) is 5.84 Å². The van der Waals surface area contributed by atoms with Crippen molar-refractivity contribution in [3.63, 3.8) is 0 Å². The molecular formula is C15H21BrN2O. The first-order valence-electron chi connectivity index (χ1n) is 7.45. The zero-order valence-electron chi connectivity index (χ0n) is 11.0. The van der Waals surface area contributed by atoms with Crippen LogP contribution in [-0.2, 0) is 0 Å². The maximum atomic E-state index is 5.88. The van der Waals surface area contributed by atoms with Gasteiger partial charge in [-0.15, -0.1) is 0 Å². The predicted octanol–water partition coefficient (Wildman–Crippen LogP) is 3.62. The second-order valence-corrected chi connectivity index (χ2v) is 7.64. The van der Waals surface area contributed by atoms with Crippen LogP contribution in [-0.4, -0.2) is 0 Å². The summed E-state index contributed by atoms with van der Waals surface area (Å²) in [5.74, 6) is 11.2. The van der Waals surface area contributed by atoms with E-state index in [0.29, 0.717) is 5.92 Å². The molecule has 4 aliphatic carbocycles. The monoisotopic (exact) mass is 324 g/mol. The van der Waals surface area contributed by atoms with E-state index in [1.54, 1.807) is 6.26 Å². The SMILES string of the molecule is NNC(c1occc1Br)C1C2CC3CC(C2)CC1C3. The number of furan rings is 1. The Hall–Kier alpha value is -0.320. The molecule has 1 unspecified atom stereocenters. The lowest BCUT2D eigenvalue weighted by Gasteiger charge is -2.56. The zero-order valence-corrected chi connectivity index (χ0v) is 12.6. The van der Waals surface area contributed by atoms with Gasteiger partial charge in [-0.25, -0.2) is 5.43 Å². The molecule has 1 atom stereocenters. The smallest absolute Gasteiger partial charge is 0.136 e. The summed E-state index contributed by atoms with van der Waals surface area (Å²) in [7, 11) is 0. The van der Waals surface area contributed by atoms with Crippen molar-refractivity contribution in [1.82, 2.24) is 5.43 Å². The van der Waals surface area contributed by atoms with Gasteiger partial charge in [0, 0.05) is 0 Å². The van der Waals surface area contributed by atoms with Gasteiger partial charge in [0.15, 0.2) is 0 Å². The first-order valence-corrected chi connectivity index (χ1v) is 8.24. The van der Waals surface area contributed by atoms with Crippen molar-refractivity contribution in [3.8, 4) is 0 Å². The van der Waals surface area contributed by atoms with Crippen LogP contribution in [0, 0.1) is 29.6 Å². The summed E-state index contributed by atoms with van der Waals surface area (Å²) in [6.45, 7) is 0. The molecule has 3 nitrogen and oxygen atoms in total. The van der Waals surface area contributed by atoms with Crippen molar-refractivity contribution in [1.29, 1.82) is 0 Å². The molecule has 0 saturated heterocycles. The lowest BCUT2D eigenvalue weighted by molar-refractivity contribution is -0.0555. The van der Waals surface area contributed by atoms with E-state index in [4.69, 9.17) is 10.3 Å². The molecule has 19 heavy (non-hydrogen) atoms. The summed E-state index contributed by atoms with van der Waals surface area (Å²) in [4.78, 5) is 0. The van der Waals surface area contributed by atoms with Crippen LogP contribution < -0.4 is 11.3 Å². The predicted molar refractivity (Wildman–Crippen MR) is 77.0 cm³/mol. The second kappa shape index (κ2) is 4.61. The highest BCUT2D eigenvalue weighted by Gasteiger charge is 2.51. The van der Waals surface area contributed by atoms with Gasteiger partial charge in [0.1, 0.15) is 5.76 Å². The van der Waals surface area contributed by atoms with Crippen molar-refractivity contribution in [2.75, 3.05) is 0 Å². The van der Waals surface area contributed by atoms with E-state index < -0.39 is 0 Å². The van der Waals surface area contributed by atoms with Crippen molar-refractivity contribution in [3.05, 3.63) is 22.6 Å². The summed E-state index contributed by atoms with van der Waals surface area (Å²) < 4.78 is 6.73. The molecule has 1 aromatic rings. The molecule has 104 valence electrons. The molecule has 5 rings (SSSR count). The van der Waals surface area contributed by atoms with Crippen LogP contribution in [0.2, 0.25) is 0 Å². The van der Waals surface area contributed by atoms with E-state index in [9.17, 15) is 0 Å². The van der Waals surface area contributed by atoms with Crippen LogP contribution in [0.1, 0.15) is 43.9 Å². The number of hydrogen-bond acceptors (Lipinski definition) is 3. The number of hydrogen-bond donors (Lipinski definition) is 2. The summed E-state index contributed by atoms with van der Waals surface area (Å²) >= 11 is 3.59. The van der Waals surface area contributed by atoms with Crippen LogP contribution in [0.3, 0.4) is 0 Å². The molecular weight excluding hydrogens is 304 g/mol. The third-order valence-corrected chi connectivity index (χ3v) is 6.45. The molecule has 0 radical (unpaired) electrons. The standard InChI is InChI=1S/C15H21BrN2O/c16-12-1-2-19-15(12)14(18-17)13-10-4-8-3-9(6-10)7-11(13)5-8/h1-2,8-11,13-14,18H,3-7,17H2. The van der Waals surface area contributed by atoms with Crippen LogP contribution in [0.25, 0.3) is 0 Å². The fraction of sp³-hybridized carbons (Fsp3) is 0.733. The zero-order chi connectivity index (χ0) is 13.0. The Morgan fingerprint density at radius 1 is 1.16 bits per heavy atom. The fourth-order valence-electron chi connectivity index (χ4n) is 5.40. The van der Waals surface area contributed by atoms with Crippen LogP contribution in [0.4, 0.5) is 0 Å². The first-order chi connectivity index (χ1) is 9.26. The van der Waals surface area contributed by atoms with Crippen molar-refractivity contribution < 1.29 is 4.42 Å². The number of halogens is 1. The van der Waals surface area contributed by atoms with Gasteiger partial charge >= 0.3 is 0 Å². The second-order valence-electron chi connectivity index (χ2n) is 6.79. The molecule has 4 saturated carbocycles. The normalized spacial score (nSPS) is 41.7. The first kappa shape index (κ1) is 12.4. The molecule has 0 aromatic carbocycles. The number of rotatable bonds is 3. The highest BCUT2D eigenvalue weighted by Crippen LogP contribution is 2.59. The lowest BCUT2D eigenvalue weighted by atomic mass is 9.50. The summed E-state index contributed by atoms with van der Waals surface area (Å²) in [5, 5.41) is 0. The van der Waals surface area contributed by atoms with E-state index in [1.165, 1.54) is 32.1 Å². The molecule has 3 N–H and O–H groups in total. The highest BCUT2D eigenvalue weighted by molar-refractivity contribution is 9.10. The lowest BCUT2D eigenvalue weighted by Crippen LogP contribution is -2.50. The molecule has 4 bridgehead atoms. The Bertz CT molecular complexity index is 444. The summed E-state index contributed by atoms with van der Waals surface area (Å²) in [6.07, 6.45) is 8.88. The minimum atomic E-state index is 0.166. The van der Waals surface area contributed by atoms with Gasteiger partial charge in [0.2, 0.25) is 0 Å². The van der Waals surface area contributed by atoms with E-state index in [-0.39, 0.29) is 6.04 Å². The molecule has 4 heteroatoms. The molecule has 0 aliphatic heterocycles. The van der Waals surface area contributed by atoms with Crippen molar-refractivity contribution in [2.24, 2.45) is 35.4 Å². The third-order valence-electron chi connectivity index (χ3n) is 5.79. The average Bonchev–Trinajstić information content (AvgIpc) is 2.79. The average molecular weight is 325 g/mol. The third kappa shape index (κ3) is 1.91. The fourth-order valence-corrected chi connectivity index (χ4v) is 5.85. The van der Waals surface area contributed by atoms with Gasteiger partial charge in [-0.1, -0.05) is 0 Å². The van der Waals surface area contributed by atoms with E-state index in [1.807, 2.05) is 6.07 Å². The number of nitrogens with two attached hydrogens (primary N) is 1. The van der Waals surface area contributed by atoms with E-state index >= 15 is 0 Å². The quantitative estimate of drug-likeness (QED) is 0.659. The Balaban J connectivity index is 1.66. The Labute approximate surface area is 122 Å². The molecule has 4 fully saturated rings. The van der Waals surface area contributed by atoms with Gasteiger partial charge < -0.3 is 4.42 Å². The Kier molecular flexibility index (Phi) is 3.01. The summed E-state index contributed by atoms with van der Waals surface area (Å²) in [6, 6.07) is 2.13. The number of nitrogens with one attached hydrogen (secondary N) is 1. The topological polar surface area (TPSA) is 51.2 Å². The van der Waals surface area contributed by atoms with Crippen molar-refractivity contribution >= 4 is 15.9 Å². The largest absolute Gasteiger partial charge is 0.466 e. The number of hydrazine groups is 1. The van der Waals surface area contributed by atoms with Crippen LogP contribution in [0.15, 0.2) is 21.2 Å². The highest BCUT2D eigenvalue weighted by atomic mass is 79.9. The minimum Gasteiger partial charge on any atom is -0.466 e. The summed E-state index contributed by atoms with van der Waals surface area (Å²) in [5.41, 5.74) is 3.05. The molecule has 0 spiro atoms. The molecule has 1 aromatic heterocycles. The molecule has 1 heterocycles. The van der Waals surface area contributed by atoms with Gasteiger partial charge in [0.25, 0.3) is 0 Å². The Morgan fingerprint density at radius 3 is 2.26 bits per heavy atom. The van der Waals surface area contributed by atoms with Gasteiger partial charge in [-0.05, 0) is 83.7 Å². The Morgan fingerprint density at radius 2 is 1.79 bits per heavy atom. The maximum absolute atomic E-state index is 5.88. The molecule has 0 amide bonds. The van der Waals surface area contributed by atoms with Crippen molar-refractivity contribution in [2.45, 2.75) is 38.1 Å². The maximum Gasteiger partial charge on any atom is 0.136 e. The minimum absolute atomic E-state index is 0.166. The van der Waals surface area contributed by atoms with Crippen LogP contribution in [0.5, 0.6) is 0 Å².